The number of nitrogens with zero attached hydrogens (tertiary/aromatic N) is 2. The SMILES string of the molecule is COc1ccc(Br)cc1Nc1ccnc(Cl)n1. The molecule has 1 aromatic heterocycles. The van der Waals surface area contributed by atoms with Gasteiger partial charge in [0.25, 0.3) is 0 Å². The second-order valence-electron chi connectivity index (χ2n) is 3.18. The lowest BCUT2D eigenvalue weighted by molar-refractivity contribution is 0.416. The summed E-state index contributed by atoms with van der Waals surface area (Å²) in [4.78, 5) is 7.86. The van der Waals surface area contributed by atoms with E-state index < -0.39 is 0 Å². The Hall–Kier alpha value is -1.33. The van der Waals surface area contributed by atoms with E-state index in [0.29, 0.717) is 5.82 Å². The summed E-state index contributed by atoms with van der Waals surface area (Å²) < 4.78 is 6.19. The highest BCUT2D eigenvalue weighted by Crippen LogP contribution is 2.30. The van der Waals surface area contributed by atoms with Gasteiger partial charge in [0, 0.05) is 10.7 Å². The van der Waals surface area contributed by atoms with Crippen molar-refractivity contribution in [2.45, 2.75) is 0 Å². The smallest absolute Gasteiger partial charge is 0.224 e. The van der Waals surface area contributed by atoms with Gasteiger partial charge in [-0.05, 0) is 35.9 Å². The molecule has 0 aliphatic rings. The van der Waals surface area contributed by atoms with Gasteiger partial charge in [0.1, 0.15) is 11.6 Å². The minimum absolute atomic E-state index is 0.198. The molecule has 6 heteroatoms. The molecule has 2 aromatic rings. The molecule has 0 aliphatic carbocycles. The normalized spacial score (nSPS) is 10.1. The van der Waals surface area contributed by atoms with Crippen LogP contribution in [0.1, 0.15) is 0 Å². The van der Waals surface area contributed by atoms with Crippen LogP contribution in [0.25, 0.3) is 0 Å². The van der Waals surface area contributed by atoms with Crippen molar-refractivity contribution in [3.63, 3.8) is 0 Å². The van der Waals surface area contributed by atoms with Gasteiger partial charge in [-0.25, -0.2) is 9.97 Å². The lowest BCUT2D eigenvalue weighted by Gasteiger charge is -2.10. The summed E-state index contributed by atoms with van der Waals surface area (Å²) in [6.07, 6.45) is 1.59. The highest BCUT2D eigenvalue weighted by Gasteiger charge is 2.05. The highest BCUT2D eigenvalue weighted by atomic mass is 79.9. The molecule has 0 unspecified atom stereocenters. The largest absolute Gasteiger partial charge is 0.495 e. The number of nitrogens with one attached hydrogen (secondary N) is 1. The molecular formula is C11H9BrClN3O. The number of ether oxygens (including phenoxy) is 1. The third-order valence-corrected chi connectivity index (χ3v) is 2.73. The Bertz CT molecular complexity index is 536. The summed E-state index contributed by atoms with van der Waals surface area (Å²) >= 11 is 9.11. The van der Waals surface area contributed by atoms with E-state index in [1.165, 1.54) is 0 Å². The fraction of sp³-hybridized carbons (Fsp3) is 0.0909. The molecule has 17 heavy (non-hydrogen) atoms. The molecule has 1 N–H and O–H groups in total. The van der Waals surface area contributed by atoms with Crippen LogP contribution in [-0.4, -0.2) is 17.1 Å². The molecule has 0 spiro atoms. The summed E-state index contributed by atoms with van der Waals surface area (Å²) in [7, 11) is 1.61. The molecule has 1 aromatic carbocycles. The summed E-state index contributed by atoms with van der Waals surface area (Å²) in [5.41, 5.74) is 0.802. The third kappa shape index (κ3) is 3.08. The molecular weight excluding hydrogens is 305 g/mol. The zero-order valence-electron chi connectivity index (χ0n) is 8.95. The first-order chi connectivity index (χ1) is 8.19. The van der Waals surface area contributed by atoms with E-state index in [1.807, 2.05) is 18.2 Å². The predicted octanol–water partition coefficient (Wildman–Crippen LogP) is 3.64. The van der Waals surface area contributed by atoms with Crippen LogP contribution in [0.15, 0.2) is 34.9 Å². The van der Waals surface area contributed by atoms with Crippen molar-refractivity contribution >= 4 is 39.0 Å². The van der Waals surface area contributed by atoms with Crippen LogP contribution < -0.4 is 10.1 Å². The Morgan fingerprint density at radius 1 is 1.35 bits per heavy atom. The number of rotatable bonds is 3. The van der Waals surface area contributed by atoms with E-state index >= 15 is 0 Å². The van der Waals surface area contributed by atoms with Crippen LogP contribution in [-0.2, 0) is 0 Å². The molecule has 4 nitrogen and oxygen atoms in total. The Labute approximate surface area is 112 Å². The van der Waals surface area contributed by atoms with Crippen LogP contribution in [0.2, 0.25) is 5.28 Å². The van der Waals surface area contributed by atoms with E-state index in [4.69, 9.17) is 16.3 Å². The lowest BCUT2D eigenvalue weighted by Crippen LogP contribution is -1.97. The number of hydrogen-bond acceptors (Lipinski definition) is 4. The van der Waals surface area contributed by atoms with Crippen LogP contribution in [0.4, 0.5) is 11.5 Å². The Kier molecular flexibility index (Phi) is 3.81. The van der Waals surface area contributed by atoms with Crippen molar-refractivity contribution < 1.29 is 4.74 Å². The van der Waals surface area contributed by atoms with Crippen LogP contribution in [0, 0.1) is 0 Å². The fourth-order valence-electron chi connectivity index (χ4n) is 1.32. The third-order valence-electron chi connectivity index (χ3n) is 2.05. The number of benzene rings is 1. The summed E-state index contributed by atoms with van der Waals surface area (Å²) in [6.45, 7) is 0. The van der Waals surface area contributed by atoms with Gasteiger partial charge in [-0.1, -0.05) is 15.9 Å². The molecule has 0 fully saturated rings. The predicted molar refractivity (Wildman–Crippen MR) is 71.0 cm³/mol. The van der Waals surface area contributed by atoms with Gasteiger partial charge in [0.2, 0.25) is 5.28 Å². The van der Waals surface area contributed by atoms with Gasteiger partial charge in [0.15, 0.2) is 0 Å². The first-order valence-corrected chi connectivity index (χ1v) is 5.95. The van der Waals surface area contributed by atoms with Crippen LogP contribution >= 0.6 is 27.5 Å². The van der Waals surface area contributed by atoms with Crippen molar-refractivity contribution in [3.8, 4) is 5.75 Å². The van der Waals surface area contributed by atoms with Gasteiger partial charge in [0.05, 0.1) is 12.8 Å². The second kappa shape index (κ2) is 5.33. The maximum absolute atomic E-state index is 5.71. The lowest BCUT2D eigenvalue weighted by atomic mass is 10.3. The van der Waals surface area contributed by atoms with Crippen molar-refractivity contribution in [2.75, 3.05) is 12.4 Å². The first kappa shape index (κ1) is 12.1. The van der Waals surface area contributed by atoms with Gasteiger partial charge in [-0.2, -0.15) is 0 Å². The Balaban J connectivity index is 2.32. The minimum Gasteiger partial charge on any atom is -0.495 e. The molecule has 0 bridgehead atoms. The Morgan fingerprint density at radius 3 is 2.88 bits per heavy atom. The molecule has 0 atom stereocenters. The van der Waals surface area contributed by atoms with Crippen LogP contribution in [0.3, 0.4) is 0 Å². The summed E-state index contributed by atoms with van der Waals surface area (Å²) in [5, 5.41) is 3.31. The number of aromatic nitrogens is 2. The molecule has 0 amide bonds. The van der Waals surface area contributed by atoms with Crippen molar-refractivity contribution in [1.82, 2.24) is 9.97 Å². The van der Waals surface area contributed by atoms with E-state index in [0.717, 1.165) is 15.9 Å². The van der Waals surface area contributed by atoms with E-state index in [-0.39, 0.29) is 5.28 Å². The van der Waals surface area contributed by atoms with Crippen molar-refractivity contribution in [2.24, 2.45) is 0 Å². The van der Waals surface area contributed by atoms with Gasteiger partial charge in [-0.15, -0.1) is 0 Å². The summed E-state index contributed by atoms with van der Waals surface area (Å²) in [6, 6.07) is 7.38. The van der Waals surface area contributed by atoms with Crippen molar-refractivity contribution in [3.05, 3.63) is 40.2 Å². The molecule has 0 aliphatic heterocycles. The number of methoxy groups -OCH3 is 1. The fourth-order valence-corrected chi connectivity index (χ4v) is 1.83. The average Bonchev–Trinajstić information content (AvgIpc) is 2.29. The number of anilines is 2. The summed E-state index contributed by atoms with van der Waals surface area (Å²) in [5.74, 6) is 1.34. The topological polar surface area (TPSA) is 47.0 Å². The number of hydrogen-bond donors (Lipinski definition) is 1. The standard InChI is InChI=1S/C11H9BrClN3O/c1-17-9-3-2-7(12)6-8(9)15-10-4-5-14-11(13)16-10/h2-6H,1H3,(H,14,15,16). The Morgan fingerprint density at radius 2 is 2.18 bits per heavy atom. The minimum atomic E-state index is 0.198. The zero-order valence-corrected chi connectivity index (χ0v) is 11.3. The van der Waals surface area contributed by atoms with E-state index in [1.54, 1.807) is 19.4 Å². The molecule has 1 heterocycles. The molecule has 2 rings (SSSR count). The van der Waals surface area contributed by atoms with Gasteiger partial charge < -0.3 is 10.1 Å². The molecule has 88 valence electrons. The van der Waals surface area contributed by atoms with Gasteiger partial charge in [-0.3, -0.25) is 0 Å². The zero-order chi connectivity index (χ0) is 12.3. The quantitative estimate of drug-likeness (QED) is 0.879. The second-order valence-corrected chi connectivity index (χ2v) is 4.43. The van der Waals surface area contributed by atoms with Crippen molar-refractivity contribution in [1.29, 1.82) is 0 Å². The number of halogens is 2. The molecule has 0 saturated heterocycles. The maximum Gasteiger partial charge on any atom is 0.224 e. The van der Waals surface area contributed by atoms with E-state index in [2.05, 4.69) is 31.2 Å². The molecule has 0 saturated carbocycles. The maximum atomic E-state index is 5.71. The first-order valence-electron chi connectivity index (χ1n) is 4.78. The monoisotopic (exact) mass is 313 g/mol. The highest BCUT2D eigenvalue weighted by molar-refractivity contribution is 9.10. The van der Waals surface area contributed by atoms with E-state index in [9.17, 15) is 0 Å². The van der Waals surface area contributed by atoms with Gasteiger partial charge >= 0.3 is 0 Å². The molecule has 0 radical (unpaired) electrons. The van der Waals surface area contributed by atoms with Crippen LogP contribution in [0.5, 0.6) is 5.75 Å². The average molecular weight is 315 g/mol.